The van der Waals surface area contributed by atoms with Crippen LogP contribution in [0.4, 0.5) is 0 Å². The van der Waals surface area contributed by atoms with Crippen molar-refractivity contribution in [2.24, 2.45) is 5.16 Å². The lowest BCUT2D eigenvalue weighted by molar-refractivity contribution is -0.0126. The fraction of sp³-hybridized carbons (Fsp3) is 0.562. The molecule has 1 aromatic rings. The van der Waals surface area contributed by atoms with E-state index in [-0.39, 0.29) is 5.60 Å². The lowest BCUT2D eigenvalue weighted by Gasteiger charge is -2.19. The van der Waals surface area contributed by atoms with E-state index >= 15 is 0 Å². The van der Waals surface area contributed by atoms with Gasteiger partial charge >= 0.3 is 0 Å². The first-order chi connectivity index (χ1) is 9.63. The summed E-state index contributed by atoms with van der Waals surface area (Å²) in [4.78, 5) is 6.67. The van der Waals surface area contributed by atoms with Gasteiger partial charge in [0.25, 0.3) is 0 Å². The molecule has 0 amide bonds. The summed E-state index contributed by atoms with van der Waals surface area (Å²) in [6.45, 7) is 3.96. The molecule has 3 rings (SSSR count). The summed E-state index contributed by atoms with van der Waals surface area (Å²) in [7, 11) is -0.919. The van der Waals surface area contributed by atoms with Crippen LogP contribution in [0.1, 0.15) is 50.2 Å². The molecule has 108 valence electrons. The van der Waals surface area contributed by atoms with Gasteiger partial charge in [-0.3, -0.25) is 4.21 Å². The van der Waals surface area contributed by atoms with E-state index in [1.165, 1.54) is 12.8 Å². The summed E-state index contributed by atoms with van der Waals surface area (Å²) in [5.41, 5.74) is 3.13. The van der Waals surface area contributed by atoms with Crippen LogP contribution < -0.4 is 0 Å². The minimum absolute atomic E-state index is 0.0374. The van der Waals surface area contributed by atoms with Gasteiger partial charge in [0.15, 0.2) is 0 Å². The second kappa shape index (κ2) is 5.32. The standard InChI is InChI=1S/C16H21NO2S/c1-3-20(18)15-10-13(7-6-12(15)2)14-11-16(19-17-14)8-4-5-9-16/h6-7,10H,3-5,8-9,11H2,1-2H3. The molecule has 0 N–H and O–H groups in total. The van der Waals surface area contributed by atoms with Crippen LogP contribution in [0.3, 0.4) is 0 Å². The van der Waals surface area contributed by atoms with Crippen molar-refractivity contribution in [3.63, 3.8) is 0 Å². The highest BCUT2D eigenvalue weighted by Crippen LogP contribution is 2.41. The first-order valence-corrected chi connectivity index (χ1v) is 8.70. The molecule has 1 unspecified atom stereocenters. The minimum Gasteiger partial charge on any atom is -0.389 e. The van der Waals surface area contributed by atoms with E-state index in [1.54, 1.807) is 0 Å². The maximum absolute atomic E-state index is 12.1. The third kappa shape index (κ3) is 2.41. The predicted octanol–water partition coefficient (Wildman–Crippen LogP) is 3.56. The summed E-state index contributed by atoms with van der Waals surface area (Å²) in [6.07, 6.45) is 5.59. The van der Waals surface area contributed by atoms with Gasteiger partial charge < -0.3 is 4.84 Å². The number of aryl methyl sites for hydroxylation is 1. The van der Waals surface area contributed by atoms with E-state index in [9.17, 15) is 4.21 Å². The zero-order chi connectivity index (χ0) is 14.2. The number of rotatable bonds is 3. The fourth-order valence-corrected chi connectivity index (χ4v) is 4.14. The Balaban J connectivity index is 1.86. The average molecular weight is 291 g/mol. The van der Waals surface area contributed by atoms with E-state index in [2.05, 4.69) is 11.2 Å². The smallest absolute Gasteiger partial charge is 0.143 e. The number of nitrogens with zero attached hydrogens (tertiary/aromatic N) is 1. The maximum atomic E-state index is 12.1. The Morgan fingerprint density at radius 2 is 2.10 bits per heavy atom. The van der Waals surface area contributed by atoms with Crippen molar-refractivity contribution in [2.45, 2.75) is 56.4 Å². The molecule has 2 aliphatic rings. The zero-order valence-corrected chi connectivity index (χ0v) is 13.0. The van der Waals surface area contributed by atoms with E-state index in [4.69, 9.17) is 4.84 Å². The topological polar surface area (TPSA) is 38.7 Å². The Labute approximate surface area is 122 Å². The molecular formula is C16H21NO2S. The van der Waals surface area contributed by atoms with Crippen LogP contribution in [-0.4, -0.2) is 21.3 Å². The molecule has 1 atom stereocenters. The lowest BCUT2D eigenvalue weighted by Crippen LogP contribution is -2.24. The van der Waals surface area contributed by atoms with Gasteiger partial charge in [0, 0.05) is 22.6 Å². The molecule has 0 saturated heterocycles. The van der Waals surface area contributed by atoms with E-state index in [1.807, 2.05) is 26.0 Å². The zero-order valence-electron chi connectivity index (χ0n) is 12.1. The van der Waals surface area contributed by atoms with Crippen LogP contribution in [0, 0.1) is 6.92 Å². The Hall–Kier alpha value is -1.16. The Morgan fingerprint density at radius 1 is 1.35 bits per heavy atom. The maximum Gasteiger partial charge on any atom is 0.143 e. The van der Waals surface area contributed by atoms with Gasteiger partial charge in [-0.2, -0.15) is 0 Å². The summed E-state index contributed by atoms with van der Waals surface area (Å²) >= 11 is 0. The summed E-state index contributed by atoms with van der Waals surface area (Å²) in [6, 6.07) is 6.15. The largest absolute Gasteiger partial charge is 0.389 e. The van der Waals surface area contributed by atoms with Gasteiger partial charge in [-0.15, -0.1) is 0 Å². The first-order valence-electron chi connectivity index (χ1n) is 7.38. The highest BCUT2D eigenvalue weighted by atomic mass is 32.2. The molecule has 1 fully saturated rings. The molecule has 0 bridgehead atoms. The molecule has 0 aromatic heterocycles. The van der Waals surface area contributed by atoms with Gasteiger partial charge in [-0.1, -0.05) is 24.2 Å². The predicted molar refractivity (Wildman–Crippen MR) is 81.6 cm³/mol. The van der Waals surface area contributed by atoms with Crippen molar-refractivity contribution in [3.8, 4) is 0 Å². The SMILES string of the molecule is CCS(=O)c1cc(C2=NOC3(CCCC3)C2)ccc1C. The average Bonchev–Trinajstić information content (AvgIpc) is 3.09. The molecule has 1 aromatic carbocycles. The van der Waals surface area contributed by atoms with Gasteiger partial charge in [0.05, 0.1) is 16.5 Å². The van der Waals surface area contributed by atoms with Crippen LogP contribution in [0.25, 0.3) is 0 Å². The van der Waals surface area contributed by atoms with Gasteiger partial charge in [-0.05, 0) is 44.2 Å². The molecule has 1 aliphatic carbocycles. The summed E-state index contributed by atoms with van der Waals surface area (Å²) in [5.74, 6) is 0.650. The van der Waals surface area contributed by atoms with Crippen LogP contribution in [0.15, 0.2) is 28.3 Å². The second-order valence-electron chi connectivity index (χ2n) is 5.81. The number of hydrogen-bond acceptors (Lipinski definition) is 3. The normalized spacial score (nSPS) is 21.8. The van der Waals surface area contributed by atoms with Crippen molar-refractivity contribution >= 4 is 16.5 Å². The van der Waals surface area contributed by atoms with Crippen LogP contribution in [0.2, 0.25) is 0 Å². The third-order valence-corrected chi connectivity index (χ3v) is 5.84. The molecule has 1 spiro atoms. The number of hydrogen-bond donors (Lipinski definition) is 0. The van der Waals surface area contributed by atoms with Crippen molar-refractivity contribution in [2.75, 3.05) is 5.75 Å². The highest BCUT2D eigenvalue weighted by molar-refractivity contribution is 7.85. The van der Waals surface area contributed by atoms with E-state index in [0.29, 0.717) is 5.75 Å². The van der Waals surface area contributed by atoms with Gasteiger partial charge in [0.2, 0.25) is 0 Å². The molecule has 3 nitrogen and oxygen atoms in total. The highest BCUT2D eigenvalue weighted by Gasteiger charge is 2.41. The Morgan fingerprint density at radius 3 is 2.80 bits per heavy atom. The Bertz CT molecular complexity index is 574. The summed E-state index contributed by atoms with van der Waals surface area (Å²) < 4.78 is 12.1. The molecule has 1 saturated carbocycles. The van der Waals surface area contributed by atoms with Gasteiger partial charge in [-0.25, -0.2) is 0 Å². The quantitative estimate of drug-likeness (QED) is 0.854. The van der Waals surface area contributed by atoms with Gasteiger partial charge in [0.1, 0.15) is 5.60 Å². The second-order valence-corrected chi connectivity index (χ2v) is 7.52. The summed E-state index contributed by atoms with van der Waals surface area (Å²) in [5, 5.41) is 4.31. The van der Waals surface area contributed by atoms with Crippen molar-refractivity contribution in [3.05, 3.63) is 29.3 Å². The molecule has 1 aliphatic heterocycles. The number of oxime groups is 1. The lowest BCUT2D eigenvalue weighted by atomic mass is 9.92. The van der Waals surface area contributed by atoms with Crippen LogP contribution in [-0.2, 0) is 15.6 Å². The third-order valence-electron chi connectivity index (χ3n) is 4.38. The molecule has 20 heavy (non-hydrogen) atoms. The fourth-order valence-electron chi connectivity index (χ4n) is 3.14. The van der Waals surface area contributed by atoms with Crippen LogP contribution >= 0.6 is 0 Å². The van der Waals surface area contributed by atoms with Crippen molar-refractivity contribution in [1.82, 2.24) is 0 Å². The minimum atomic E-state index is -0.919. The first kappa shape index (κ1) is 13.8. The van der Waals surface area contributed by atoms with E-state index < -0.39 is 10.8 Å². The monoisotopic (exact) mass is 291 g/mol. The number of benzene rings is 1. The van der Waals surface area contributed by atoms with E-state index in [0.717, 1.165) is 41.0 Å². The van der Waals surface area contributed by atoms with Crippen LogP contribution in [0.5, 0.6) is 0 Å². The molecule has 0 radical (unpaired) electrons. The molecular weight excluding hydrogens is 270 g/mol. The molecule has 4 heteroatoms. The Kier molecular flexibility index (Phi) is 3.67. The van der Waals surface area contributed by atoms with Crippen molar-refractivity contribution < 1.29 is 9.05 Å². The van der Waals surface area contributed by atoms with Crippen molar-refractivity contribution in [1.29, 1.82) is 0 Å². The molecule has 1 heterocycles.